The summed E-state index contributed by atoms with van der Waals surface area (Å²) in [7, 11) is 3.08. The largest absolute Gasteiger partial charge is 0.345 e. The van der Waals surface area contributed by atoms with Crippen molar-refractivity contribution in [1.82, 2.24) is 14.5 Å². The Morgan fingerprint density at radius 3 is 2.46 bits per heavy atom. The molecule has 4 aromatic rings. The van der Waals surface area contributed by atoms with Gasteiger partial charge in [0.15, 0.2) is 0 Å². The lowest BCUT2D eigenvalue weighted by molar-refractivity contribution is 0.0823. The number of hydrogen-bond acceptors (Lipinski definition) is 3. The summed E-state index contributed by atoms with van der Waals surface area (Å²) in [5.41, 5.74) is 2.34. The molecule has 0 N–H and O–H groups in total. The first-order valence-electron chi connectivity index (χ1n) is 12.3. The van der Waals surface area contributed by atoms with Crippen molar-refractivity contribution < 1.29 is 18.0 Å². The number of amides is 1. The first kappa shape index (κ1) is 26.7. The molecule has 0 aliphatic heterocycles. The van der Waals surface area contributed by atoms with Crippen molar-refractivity contribution in [1.29, 1.82) is 0 Å². The van der Waals surface area contributed by atoms with Crippen molar-refractivity contribution in [2.24, 2.45) is 0 Å². The first-order chi connectivity index (χ1) is 18.5. The summed E-state index contributed by atoms with van der Waals surface area (Å²) in [5.74, 6) is -2.69. The molecule has 0 spiro atoms. The molecule has 5 nitrogen and oxygen atoms in total. The zero-order valence-electron chi connectivity index (χ0n) is 21.7. The zero-order chi connectivity index (χ0) is 28.2. The molecule has 0 saturated heterocycles. The molecule has 0 bridgehead atoms. The van der Waals surface area contributed by atoms with Gasteiger partial charge in [0.2, 0.25) is 0 Å². The number of aryl methyl sites for hydroxylation is 2. The van der Waals surface area contributed by atoms with Gasteiger partial charge in [0.05, 0.1) is 16.9 Å². The van der Waals surface area contributed by atoms with Crippen molar-refractivity contribution >= 4 is 17.5 Å². The lowest BCUT2D eigenvalue weighted by Gasteiger charge is -2.17. The molecule has 2 aromatic heterocycles. The molecule has 0 radical (unpaired) electrons. The van der Waals surface area contributed by atoms with Crippen LogP contribution in [-0.4, -0.2) is 34.5 Å². The fraction of sp³-hybridized carbons (Fsp3) is 0.233. The topological polar surface area (TPSA) is 55.2 Å². The lowest BCUT2D eigenvalue weighted by atomic mass is 10.0. The van der Waals surface area contributed by atoms with Crippen LogP contribution >= 0.6 is 11.6 Å². The molecule has 5 rings (SSSR count). The average Bonchev–Trinajstić information content (AvgIpc) is 3.69. The highest BCUT2D eigenvalue weighted by Gasteiger charge is 2.43. The van der Waals surface area contributed by atoms with Crippen LogP contribution in [0.5, 0.6) is 0 Å². The average molecular weight is 552 g/mol. The number of nitrogens with zero attached hydrogens (tertiary/aromatic N) is 3. The highest BCUT2D eigenvalue weighted by molar-refractivity contribution is 6.31. The zero-order valence-corrected chi connectivity index (χ0v) is 22.5. The van der Waals surface area contributed by atoms with Crippen LogP contribution in [0.25, 0.3) is 16.9 Å². The van der Waals surface area contributed by atoms with Gasteiger partial charge in [-0.15, -0.1) is 0 Å². The number of aromatic nitrogens is 2. The van der Waals surface area contributed by atoms with Gasteiger partial charge in [-0.05, 0) is 91.3 Å². The SMILES string of the molecule is Cc1cnc(-c2cccc(C(=O)N(C)C)c2F)cc1-n1c(C)cc([C@H]2C[C@@H]2c2cc(F)ccc2F)c(Cl)c1=O. The lowest BCUT2D eigenvalue weighted by Crippen LogP contribution is -2.23. The molecular formula is C30H25ClF3N3O2. The number of pyridine rings is 2. The van der Waals surface area contributed by atoms with Crippen molar-refractivity contribution in [2.75, 3.05) is 14.1 Å². The van der Waals surface area contributed by atoms with Crippen LogP contribution in [0.15, 0.2) is 59.5 Å². The van der Waals surface area contributed by atoms with Gasteiger partial charge in [0.1, 0.15) is 22.5 Å². The Morgan fingerprint density at radius 1 is 1.03 bits per heavy atom. The fourth-order valence-electron chi connectivity index (χ4n) is 5.02. The van der Waals surface area contributed by atoms with Gasteiger partial charge in [0, 0.05) is 31.5 Å². The Labute approximate surface area is 228 Å². The normalized spacial score (nSPS) is 16.3. The van der Waals surface area contributed by atoms with E-state index in [-0.39, 0.29) is 39.2 Å². The highest BCUT2D eigenvalue weighted by atomic mass is 35.5. The molecule has 200 valence electrons. The summed E-state index contributed by atoms with van der Waals surface area (Å²) in [4.78, 5) is 31.6. The summed E-state index contributed by atoms with van der Waals surface area (Å²) in [5, 5.41) is -0.00701. The van der Waals surface area contributed by atoms with Gasteiger partial charge >= 0.3 is 0 Å². The van der Waals surface area contributed by atoms with Crippen LogP contribution in [-0.2, 0) is 0 Å². The molecule has 1 aliphatic carbocycles. The van der Waals surface area contributed by atoms with Crippen LogP contribution in [0.2, 0.25) is 5.02 Å². The molecule has 2 heterocycles. The van der Waals surface area contributed by atoms with E-state index in [0.29, 0.717) is 28.9 Å². The second-order valence-electron chi connectivity index (χ2n) is 10.0. The smallest absolute Gasteiger partial charge is 0.274 e. The van der Waals surface area contributed by atoms with Gasteiger partial charge in [0.25, 0.3) is 11.5 Å². The summed E-state index contributed by atoms with van der Waals surface area (Å²) < 4.78 is 44.9. The Balaban J connectivity index is 1.56. The van der Waals surface area contributed by atoms with E-state index in [4.69, 9.17) is 11.6 Å². The maximum Gasteiger partial charge on any atom is 0.274 e. The highest BCUT2D eigenvalue weighted by Crippen LogP contribution is 2.56. The molecule has 0 unspecified atom stereocenters. The molecule has 39 heavy (non-hydrogen) atoms. The molecule has 1 saturated carbocycles. The van der Waals surface area contributed by atoms with E-state index in [1.165, 1.54) is 48.0 Å². The van der Waals surface area contributed by atoms with Gasteiger partial charge < -0.3 is 4.90 Å². The van der Waals surface area contributed by atoms with Crippen molar-refractivity contribution in [3.8, 4) is 16.9 Å². The number of carbonyl (C=O) groups is 1. The second-order valence-corrected chi connectivity index (χ2v) is 10.4. The van der Waals surface area contributed by atoms with E-state index < -0.39 is 28.9 Å². The molecule has 1 amide bonds. The first-order valence-corrected chi connectivity index (χ1v) is 12.7. The van der Waals surface area contributed by atoms with E-state index in [9.17, 15) is 18.4 Å². The van der Waals surface area contributed by atoms with E-state index in [2.05, 4.69) is 4.98 Å². The van der Waals surface area contributed by atoms with E-state index in [1.54, 1.807) is 32.0 Å². The minimum absolute atomic E-state index is 0.00701. The minimum atomic E-state index is -0.708. The van der Waals surface area contributed by atoms with E-state index in [1.807, 2.05) is 0 Å². The third-order valence-corrected chi connectivity index (χ3v) is 7.52. The minimum Gasteiger partial charge on any atom is -0.345 e. The molecule has 1 fully saturated rings. The Kier molecular flexibility index (Phi) is 6.84. The Hall–Kier alpha value is -3.91. The number of rotatable bonds is 5. The predicted molar refractivity (Wildman–Crippen MR) is 144 cm³/mol. The number of benzene rings is 2. The number of carbonyl (C=O) groups excluding carboxylic acids is 1. The third-order valence-electron chi connectivity index (χ3n) is 7.14. The molecule has 1 aliphatic rings. The summed E-state index contributed by atoms with van der Waals surface area (Å²) >= 11 is 6.58. The monoisotopic (exact) mass is 551 g/mol. The Morgan fingerprint density at radius 2 is 1.74 bits per heavy atom. The standard InChI is InChI=1S/C30H25ClF3N3O2/c1-15-14-35-25(18-6-5-7-19(28(18)34)29(38)36(3)4)13-26(15)37-16(2)10-23(27(31)30(37)39)21-12-20(21)22-11-17(32)8-9-24(22)33/h5-11,13-14,20-21H,12H2,1-4H3/t20-,21-/m0/s1. The van der Waals surface area contributed by atoms with E-state index in [0.717, 1.165) is 12.1 Å². The van der Waals surface area contributed by atoms with Crippen molar-refractivity contribution in [3.05, 3.63) is 116 Å². The van der Waals surface area contributed by atoms with Crippen LogP contribution < -0.4 is 5.56 Å². The molecule has 2 aromatic carbocycles. The van der Waals surface area contributed by atoms with Gasteiger partial charge in [-0.3, -0.25) is 19.1 Å². The van der Waals surface area contributed by atoms with Crippen LogP contribution in [0.3, 0.4) is 0 Å². The van der Waals surface area contributed by atoms with E-state index >= 15 is 4.39 Å². The number of halogens is 4. The van der Waals surface area contributed by atoms with Crippen LogP contribution in [0.1, 0.15) is 51.0 Å². The summed E-state index contributed by atoms with van der Waals surface area (Å²) in [6.07, 6.45) is 2.07. The maximum atomic E-state index is 15.4. The summed E-state index contributed by atoms with van der Waals surface area (Å²) in [6, 6.07) is 11.2. The summed E-state index contributed by atoms with van der Waals surface area (Å²) in [6.45, 7) is 3.52. The fourth-order valence-corrected chi connectivity index (χ4v) is 5.30. The van der Waals surface area contributed by atoms with Gasteiger partial charge in [-0.2, -0.15) is 0 Å². The van der Waals surface area contributed by atoms with Crippen molar-refractivity contribution in [2.45, 2.75) is 32.1 Å². The molecule has 9 heteroatoms. The third kappa shape index (κ3) is 4.74. The quantitative estimate of drug-likeness (QED) is 0.282. The van der Waals surface area contributed by atoms with Crippen LogP contribution in [0.4, 0.5) is 13.2 Å². The van der Waals surface area contributed by atoms with Gasteiger partial charge in [-0.25, -0.2) is 13.2 Å². The Bertz CT molecular complexity index is 1700. The van der Waals surface area contributed by atoms with Crippen molar-refractivity contribution in [3.63, 3.8) is 0 Å². The number of hydrogen-bond donors (Lipinski definition) is 0. The molecular weight excluding hydrogens is 527 g/mol. The second kappa shape index (κ2) is 10.0. The maximum absolute atomic E-state index is 15.4. The van der Waals surface area contributed by atoms with Crippen LogP contribution in [0, 0.1) is 31.3 Å². The molecule has 2 atom stereocenters. The van der Waals surface area contributed by atoms with Gasteiger partial charge in [-0.1, -0.05) is 17.7 Å². The predicted octanol–water partition coefficient (Wildman–Crippen LogP) is 6.56.